The molecule has 30 heavy (non-hydrogen) atoms. The molecule has 1 aromatic carbocycles. The van der Waals surface area contributed by atoms with Gasteiger partial charge in [-0.15, -0.1) is 0 Å². The summed E-state index contributed by atoms with van der Waals surface area (Å²) in [6.45, 7) is 6.48. The highest BCUT2D eigenvalue weighted by molar-refractivity contribution is 5.94. The van der Waals surface area contributed by atoms with Crippen LogP contribution in [0.25, 0.3) is 0 Å². The SMILES string of the molecule is CN1CCC(N2CCC(Oc3cccc(C(=O)N4CCCCCCC4)c3)CC2)CC1. The average molecular weight is 414 g/mol. The largest absolute Gasteiger partial charge is 0.490 e. The monoisotopic (exact) mass is 413 g/mol. The highest BCUT2D eigenvalue weighted by Crippen LogP contribution is 2.25. The van der Waals surface area contributed by atoms with E-state index >= 15 is 0 Å². The average Bonchev–Trinajstić information content (AvgIpc) is 2.75. The Bertz CT molecular complexity index is 671. The Morgan fingerprint density at radius 1 is 0.867 bits per heavy atom. The molecule has 0 spiro atoms. The lowest BCUT2D eigenvalue weighted by atomic mass is 9.99. The molecule has 0 aliphatic carbocycles. The van der Waals surface area contributed by atoms with Gasteiger partial charge in [0.15, 0.2) is 0 Å². The summed E-state index contributed by atoms with van der Waals surface area (Å²) in [6, 6.07) is 8.63. The van der Waals surface area contributed by atoms with Crippen LogP contribution in [-0.4, -0.2) is 79.1 Å². The molecule has 1 aromatic rings. The van der Waals surface area contributed by atoms with Gasteiger partial charge in [0, 0.05) is 37.8 Å². The van der Waals surface area contributed by atoms with Crippen LogP contribution >= 0.6 is 0 Å². The summed E-state index contributed by atoms with van der Waals surface area (Å²) < 4.78 is 6.33. The smallest absolute Gasteiger partial charge is 0.253 e. The number of hydrogen-bond acceptors (Lipinski definition) is 4. The Morgan fingerprint density at radius 3 is 2.23 bits per heavy atom. The summed E-state index contributed by atoms with van der Waals surface area (Å²) in [6.07, 6.45) is 11.0. The highest BCUT2D eigenvalue weighted by atomic mass is 16.5. The summed E-state index contributed by atoms with van der Waals surface area (Å²) in [5, 5.41) is 0. The Balaban J connectivity index is 1.29. The number of likely N-dealkylation sites (tertiary alicyclic amines) is 3. The van der Waals surface area contributed by atoms with Gasteiger partial charge in [0.2, 0.25) is 0 Å². The molecule has 3 heterocycles. The van der Waals surface area contributed by atoms with Gasteiger partial charge in [0.05, 0.1) is 0 Å². The molecular weight excluding hydrogens is 374 g/mol. The normalized spacial score (nSPS) is 23.7. The van der Waals surface area contributed by atoms with E-state index in [0.29, 0.717) is 0 Å². The van der Waals surface area contributed by atoms with Crippen molar-refractivity contribution < 1.29 is 9.53 Å². The number of carbonyl (C=O) groups excluding carboxylic acids is 1. The zero-order chi connectivity index (χ0) is 20.8. The fourth-order valence-electron chi connectivity index (χ4n) is 5.25. The minimum absolute atomic E-state index is 0.166. The van der Waals surface area contributed by atoms with Crippen LogP contribution < -0.4 is 4.74 Å². The number of ether oxygens (including phenoxy) is 1. The van der Waals surface area contributed by atoms with Crippen LogP contribution in [0.3, 0.4) is 0 Å². The van der Waals surface area contributed by atoms with Crippen LogP contribution in [0, 0.1) is 0 Å². The van der Waals surface area contributed by atoms with Gasteiger partial charge in [-0.25, -0.2) is 0 Å². The standard InChI is InChI=1S/C25H39N3O2/c1-26-16-10-22(11-17-26)27-18-12-23(13-19-27)30-24-9-7-8-21(20-24)25(29)28-14-5-3-2-4-6-15-28/h7-9,20,22-23H,2-6,10-19H2,1H3. The highest BCUT2D eigenvalue weighted by Gasteiger charge is 2.28. The van der Waals surface area contributed by atoms with Gasteiger partial charge >= 0.3 is 0 Å². The van der Waals surface area contributed by atoms with Crippen LogP contribution in [-0.2, 0) is 0 Å². The van der Waals surface area contributed by atoms with E-state index in [1.807, 2.05) is 29.2 Å². The molecule has 1 amide bonds. The molecule has 5 heteroatoms. The maximum atomic E-state index is 13.0. The fourth-order valence-corrected chi connectivity index (χ4v) is 5.25. The lowest BCUT2D eigenvalue weighted by Crippen LogP contribution is -2.48. The molecular formula is C25H39N3O2. The number of carbonyl (C=O) groups is 1. The van der Waals surface area contributed by atoms with Gasteiger partial charge in [-0.1, -0.05) is 25.3 Å². The van der Waals surface area contributed by atoms with Crippen LogP contribution in [0.4, 0.5) is 0 Å². The lowest BCUT2D eigenvalue weighted by molar-refractivity contribution is 0.0524. The number of benzene rings is 1. The van der Waals surface area contributed by atoms with E-state index in [1.165, 1.54) is 45.2 Å². The van der Waals surface area contributed by atoms with Gasteiger partial charge < -0.3 is 19.4 Å². The second kappa shape index (κ2) is 10.6. The topological polar surface area (TPSA) is 36.0 Å². The first-order valence-corrected chi connectivity index (χ1v) is 12.2. The molecule has 4 rings (SSSR count). The van der Waals surface area contributed by atoms with Crippen LogP contribution in [0.15, 0.2) is 24.3 Å². The zero-order valence-electron chi connectivity index (χ0n) is 18.7. The molecule has 0 radical (unpaired) electrons. The maximum absolute atomic E-state index is 13.0. The molecule has 0 unspecified atom stereocenters. The van der Waals surface area contributed by atoms with E-state index < -0.39 is 0 Å². The van der Waals surface area contributed by atoms with Gasteiger partial charge in [0.1, 0.15) is 11.9 Å². The van der Waals surface area contributed by atoms with Crippen LogP contribution in [0.1, 0.15) is 68.1 Å². The third-order valence-electron chi connectivity index (χ3n) is 7.21. The first-order valence-electron chi connectivity index (χ1n) is 12.2. The molecule has 3 aliphatic heterocycles. The van der Waals surface area contributed by atoms with Gasteiger partial charge in [-0.2, -0.15) is 0 Å². The lowest BCUT2D eigenvalue weighted by Gasteiger charge is -2.41. The first-order chi connectivity index (χ1) is 14.7. The summed E-state index contributed by atoms with van der Waals surface area (Å²) >= 11 is 0. The summed E-state index contributed by atoms with van der Waals surface area (Å²) in [4.78, 5) is 20.2. The van der Waals surface area contributed by atoms with Crippen molar-refractivity contribution in [3.05, 3.63) is 29.8 Å². The predicted molar refractivity (Wildman–Crippen MR) is 121 cm³/mol. The van der Waals surface area contributed by atoms with Crippen molar-refractivity contribution in [1.29, 1.82) is 0 Å². The third-order valence-corrected chi connectivity index (χ3v) is 7.21. The van der Waals surface area contributed by atoms with Crippen molar-refractivity contribution in [1.82, 2.24) is 14.7 Å². The number of piperidine rings is 2. The second-order valence-corrected chi connectivity index (χ2v) is 9.48. The quantitative estimate of drug-likeness (QED) is 0.747. The molecule has 0 saturated carbocycles. The van der Waals surface area contributed by atoms with Crippen molar-refractivity contribution in [2.45, 2.75) is 69.9 Å². The minimum Gasteiger partial charge on any atom is -0.490 e. The van der Waals surface area contributed by atoms with Crippen molar-refractivity contribution >= 4 is 5.91 Å². The number of nitrogens with zero attached hydrogens (tertiary/aromatic N) is 3. The Kier molecular flexibility index (Phi) is 7.67. The molecule has 3 saturated heterocycles. The summed E-state index contributed by atoms with van der Waals surface area (Å²) in [5.74, 6) is 1.02. The zero-order valence-corrected chi connectivity index (χ0v) is 18.7. The van der Waals surface area contributed by atoms with Crippen molar-refractivity contribution in [3.8, 4) is 5.75 Å². The fraction of sp³-hybridized carbons (Fsp3) is 0.720. The van der Waals surface area contributed by atoms with Gasteiger partial charge in [-0.05, 0) is 76.9 Å². The van der Waals surface area contributed by atoms with E-state index in [0.717, 1.165) is 69.2 Å². The molecule has 0 atom stereocenters. The molecule has 5 nitrogen and oxygen atoms in total. The maximum Gasteiger partial charge on any atom is 0.253 e. The molecule has 0 bridgehead atoms. The van der Waals surface area contributed by atoms with E-state index in [2.05, 4.69) is 16.8 Å². The van der Waals surface area contributed by atoms with Crippen LogP contribution in [0.5, 0.6) is 5.75 Å². The van der Waals surface area contributed by atoms with E-state index in [-0.39, 0.29) is 12.0 Å². The molecule has 0 N–H and O–H groups in total. The minimum atomic E-state index is 0.166. The van der Waals surface area contributed by atoms with E-state index in [1.54, 1.807) is 0 Å². The Hall–Kier alpha value is -1.59. The third kappa shape index (κ3) is 5.76. The van der Waals surface area contributed by atoms with Crippen molar-refractivity contribution in [3.63, 3.8) is 0 Å². The predicted octanol–water partition coefficient (Wildman–Crippen LogP) is 4.03. The first kappa shape index (κ1) is 21.6. The molecule has 0 aromatic heterocycles. The molecule has 3 aliphatic rings. The van der Waals surface area contributed by atoms with Gasteiger partial charge in [-0.3, -0.25) is 4.79 Å². The molecule has 3 fully saturated rings. The van der Waals surface area contributed by atoms with Crippen molar-refractivity contribution in [2.75, 3.05) is 46.3 Å². The summed E-state index contributed by atoms with van der Waals surface area (Å²) in [5.41, 5.74) is 0.775. The van der Waals surface area contributed by atoms with E-state index in [9.17, 15) is 4.79 Å². The number of rotatable bonds is 4. The van der Waals surface area contributed by atoms with Crippen molar-refractivity contribution in [2.24, 2.45) is 0 Å². The summed E-state index contributed by atoms with van der Waals surface area (Å²) in [7, 11) is 2.23. The Morgan fingerprint density at radius 2 is 1.53 bits per heavy atom. The van der Waals surface area contributed by atoms with Crippen LogP contribution in [0.2, 0.25) is 0 Å². The number of amides is 1. The second-order valence-electron chi connectivity index (χ2n) is 9.48. The Labute approximate surface area is 182 Å². The number of hydrogen-bond donors (Lipinski definition) is 0. The van der Waals surface area contributed by atoms with Gasteiger partial charge in [0.25, 0.3) is 5.91 Å². The van der Waals surface area contributed by atoms with E-state index in [4.69, 9.17) is 4.74 Å². The molecule has 166 valence electrons.